The first-order chi connectivity index (χ1) is 13.3. The van der Waals surface area contributed by atoms with E-state index >= 15 is 0 Å². The van der Waals surface area contributed by atoms with Gasteiger partial charge >= 0.3 is 6.18 Å². The van der Waals surface area contributed by atoms with E-state index in [1.54, 1.807) is 6.07 Å². The Bertz CT molecular complexity index is 822. The Morgan fingerprint density at radius 3 is 2.46 bits per heavy atom. The van der Waals surface area contributed by atoms with Gasteiger partial charge in [-0.2, -0.15) is 13.2 Å². The average Bonchev–Trinajstić information content (AvgIpc) is 3.19. The van der Waals surface area contributed by atoms with Gasteiger partial charge in [0, 0.05) is 13.0 Å². The predicted octanol–water partition coefficient (Wildman–Crippen LogP) is 1.64. The second kappa shape index (κ2) is 9.44. The molecule has 0 fully saturated rings. The Balaban J connectivity index is 1.65. The quantitative estimate of drug-likeness (QED) is 0.614. The number of rotatable bonds is 7. The summed E-state index contributed by atoms with van der Waals surface area (Å²) in [5.74, 6) is -1.90. The zero-order chi connectivity index (χ0) is 20.6. The van der Waals surface area contributed by atoms with E-state index in [2.05, 4.69) is 10.7 Å². The van der Waals surface area contributed by atoms with Crippen LogP contribution in [0.3, 0.4) is 0 Å². The van der Waals surface area contributed by atoms with Gasteiger partial charge in [-0.3, -0.25) is 25.2 Å². The van der Waals surface area contributed by atoms with Crippen LogP contribution in [0, 0.1) is 0 Å². The van der Waals surface area contributed by atoms with Crippen LogP contribution in [0.15, 0.2) is 47.1 Å². The van der Waals surface area contributed by atoms with Crippen molar-refractivity contribution in [2.75, 3.05) is 13.2 Å². The number of halogens is 3. The van der Waals surface area contributed by atoms with Crippen molar-refractivity contribution in [3.63, 3.8) is 0 Å². The second-order valence-corrected chi connectivity index (χ2v) is 5.39. The lowest BCUT2D eigenvalue weighted by Gasteiger charge is -2.11. The summed E-state index contributed by atoms with van der Waals surface area (Å²) in [4.78, 5) is 34.7. The van der Waals surface area contributed by atoms with Crippen LogP contribution in [0.1, 0.15) is 22.5 Å². The molecule has 2 aromatic rings. The topological polar surface area (TPSA) is 110 Å². The maximum Gasteiger partial charge on any atom is 0.416 e. The fourth-order valence-corrected chi connectivity index (χ4v) is 1.93. The lowest BCUT2D eigenvalue weighted by molar-refractivity contribution is -0.137. The number of hydrogen-bond donors (Lipinski definition) is 3. The van der Waals surface area contributed by atoms with E-state index in [-0.39, 0.29) is 24.5 Å². The van der Waals surface area contributed by atoms with E-state index in [0.29, 0.717) is 0 Å². The number of hydrogen-bond acceptors (Lipinski definition) is 5. The molecule has 0 aliphatic carbocycles. The minimum atomic E-state index is -4.53. The molecule has 0 unspecified atom stereocenters. The van der Waals surface area contributed by atoms with Crippen LogP contribution >= 0.6 is 0 Å². The summed E-state index contributed by atoms with van der Waals surface area (Å²) in [5.41, 5.74) is 3.23. The fraction of sp³-hybridized carbons (Fsp3) is 0.235. The van der Waals surface area contributed by atoms with Gasteiger partial charge in [-0.1, -0.05) is 6.07 Å². The van der Waals surface area contributed by atoms with Gasteiger partial charge < -0.3 is 14.5 Å². The molecule has 1 heterocycles. The van der Waals surface area contributed by atoms with Crippen LogP contribution in [-0.4, -0.2) is 30.9 Å². The standard InChI is InChI=1S/C17H16F3N3O5/c18-17(19,20)11-3-1-4-12(9-11)28-10-15(25)23-22-14(24)6-7-21-16(26)13-5-2-8-27-13/h1-5,8-9H,6-7,10H2,(H,21,26)(H,22,24)(H,23,25). The first kappa shape index (κ1) is 20.8. The maximum absolute atomic E-state index is 12.6. The highest BCUT2D eigenvalue weighted by molar-refractivity contribution is 5.91. The fourth-order valence-electron chi connectivity index (χ4n) is 1.93. The van der Waals surface area contributed by atoms with Crippen molar-refractivity contribution in [3.8, 4) is 5.75 Å². The molecular formula is C17H16F3N3O5. The SMILES string of the molecule is O=C(CCNC(=O)c1ccco1)NNC(=O)COc1cccc(C(F)(F)F)c1. The lowest BCUT2D eigenvalue weighted by Crippen LogP contribution is -2.44. The number of ether oxygens (including phenoxy) is 1. The molecule has 0 saturated carbocycles. The normalized spacial score (nSPS) is 10.8. The minimum absolute atomic E-state index is 0.00196. The van der Waals surface area contributed by atoms with Gasteiger partial charge in [0.15, 0.2) is 12.4 Å². The predicted molar refractivity (Wildman–Crippen MR) is 88.9 cm³/mol. The molecule has 0 aliphatic heterocycles. The van der Waals surface area contributed by atoms with Crippen LogP contribution in [0.4, 0.5) is 13.2 Å². The van der Waals surface area contributed by atoms with Gasteiger partial charge in [0.1, 0.15) is 5.75 Å². The Labute approximate surface area is 157 Å². The molecule has 150 valence electrons. The molecule has 0 atom stereocenters. The number of amides is 3. The van der Waals surface area contributed by atoms with Crippen molar-refractivity contribution < 1.29 is 36.7 Å². The minimum Gasteiger partial charge on any atom is -0.484 e. The summed E-state index contributed by atoms with van der Waals surface area (Å²) in [5, 5.41) is 2.44. The Morgan fingerprint density at radius 2 is 1.79 bits per heavy atom. The third kappa shape index (κ3) is 6.67. The molecule has 0 aliphatic rings. The second-order valence-electron chi connectivity index (χ2n) is 5.39. The molecular weight excluding hydrogens is 383 g/mol. The highest BCUT2D eigenvalue weighted by Crippen LogP contribution is 2.31. The molecule has 2 rings (SSSR count). The largest absolute Gasteiger partial charge is 0.484 e. The number of carbonyl (C=O) groups excluding carboxylic acids is 3. The molecule has 1 aromatic heterocycles. The van der Waals surface area contributed by atoms with Crippen LogP contribution in [0.2, 0.25) is 0 Å². The van der Waals surface area contributed by atoms with Gasteiger partial charge in [0.05, 0.1) is 11.8 Å². The lowest BCUT2D eigenvalue weighted by atomic mass is 10.2. The summed E-state index contributed by atoms with van der Waals surface area (Å²) in [6, 6.07) is 7.04. The molecule has 3 N–H and O–H groups in total. The Hall–Kier alpha value is -3.50. The van der Waals surface area contributed by atoms with Gasteiger partial charge in [-0.05, 0) is 30.3 Å². The third-order valence-electron chi connectivity index (χ3n) is 3.26. The molecule has 0 saturated heterocycles. The van der Waals surface area contributed by atoms with E-state index in [4.69, 9.17) is 9.15 Å². The monoisotopic (exact) mass is 399 g/mol. The first-order valence-corrected chi connectivity index (χ1v) is 7.95. The van der Waals surface area contributed by atoms with Crippen molar-refractivity contribution in [2.45, 2.75) is 12.6 Å². The molecule has 28 heavy (non-hydrogen) atoms. The third-order valence-corrected chi connectivity index (χ3v) is 3.26. The van der Waals surface area contributed by atoms with E-state index < -0.39 is 36.1 Å². The molecule has 1 aromatic carbocycles. The number of alkyl halides is 3. The molecule has 8 nitrogen and oxygen atoms in total. The number of nitrogens with one attached hydrogen (secondary N) is 3. The summed E-state index contributed by atoms with van der Waals surface area (Å²) in [7, 11) is 0. The molecule has 11 heteroatoms. The Kier molecular flexibility index (Phi) is 7.02. The molecule has 3 amide bonds. The molecule has 0 spiro atoms. The van der Waals surface area contributed by atoms with E-state index in [1.165, 1.54) is 18.4 Å². The molecule has 0 radical (unpaired) electrons. The van der Waals surface area contributed by atoms with Gasteiger partial charge in [-0.15, -0.1) is 0 Å². The van der Waals surface area contributed by atoms with Crippen LogP contribution in [-0.2, 0) is 15.8 Å². The zero-order valence-electron chi connectivity index (χ0n) is 14.3. The number of benzene rings is 1. The van der Waals surface area contributed by atoms with Crippen molar-refractivity contribution in [3.05, 3.63) is 54.0 Å². The Morgan fingerprint density at radius 1 is 1.04 bits per heavy atom. The van der Waals surface area contributed by atoms with Gasteiger partial charge in [0.25, 0.3) is 11.8 Å². The van der Waals surface area contributed by atoms with E-state index in [1.807, 2.05) is 5.43 Å². The summed E-state index contributed by atoms with van der Waals surface area (Å²) >= 11 is 0. The van der Waals surface area contributed by atoms with Crippen molar-refractivity contribution in [1.82, 2.24) is 16.2 Å². The number of furan rings is 1. The van der Waals surface area contributed by atoms with E-state index in [0.717, 1.165) is 18.2 Å². The van der Waals surface area contributed by atoms with Crippen LogP contribution in [0.5, 0.6) is 5.75 Å². The van der Waals surface area contributed by atoms with Crippen molar-refractivity contribution in [2.24, 2.45) is 0 Å². The smallest absolute Gasteiger partial charge is 0.416 e. The summed E-state index contributed by atoms with van der Waals surface area (Å²) in [6.45, 7) is -0.598. The first-order valence-electron chi connectivity index (χ1n) is 7.95. The summed E-state index contributed by atoms with van der Waals surface area (Å²) in [6.07, 6.45) is -3.32. The maximum atomic E-state index is 12.6. The summed E-state index contributed by atoms with van der Waals surface area (Å²) < 4.78 is 47.6. The number of hydrazine groups is 1. The average molecular weight is 399 g/mol. The van der Waals surface area contributed by atoms with Crippen molar-refractivity contribution >= 4 is 17.7 Å². The van der Waals surface area contributed by atoms with Crippen LogP contribution < -0.4 is 20.9 Å². The van der Waals surface area contributed by atoms with Crippen molar-refractivity contribution in [1.29, 1.82) is 0 Å². The zero-order valence-corrected chi connectivity index (χ0v) is 14.3. The highest BCUT2D eigenvalue weighted by atomic mass is 19.4. The highest BCUT2D eigenvalue weighted by Gasteiger charge is 2.30. The van der Waals surface area contributed by atoms with Gasteiger partial charge in [0.2, 0.25) is 5.91 Å². The van der Waals surface area contributed by atoms with Crippen LogP contribution in [0.25, 0.3) is 0 Å². The molecule has 0 bridgehead atoms. The number of carbonyl (C=O) groups is 3. The van der Waals surface area contributed by atoms with E-state index in [9.17, 15) is 27.6 Å². The van der Waals surface area contributed by atoms with Gasteiger partial charge in [-0.25, -0.2) is 0 Å².